The lowest BCUT2D eigenvalue weighted by Gasteiger charge is -2.24. The first-order valence-electron chi connectivity index (χ1n) is 6.32. The van der Waals surface area contributed by atoms with Crippen LogP contribution in [0.15, 0.2) is 12.5 Å². The first-order valence-corrected chi connectivity index (χ1v) is 6.32. The zero-order valence-corrected chi connectivity index (χ0v) is 9.93. The van der Waals surface area contributed by atoms with Crippen LogP contribution in [0.5, 0.6) is 0 Å². The molecule has 17 heavy (non-hydrogen) atoms. The molecular weight excluding hydrogens is 216 g/mol. The number of carbonyl (C=O) groups is 1. The highest BCUT2D eigenvalue weighted by molar-refractivity contribution is 5.78. The lowest BCUT2D eigenvalue weighted by Crippen LogP contribution is -2.38. The number of H-pyrrole nitrogens is 1. The van der Waals surface area contributed by atoms with Crippen LogP contribution in [0, 0.1) is 0 Å². The molecule has 5 nitrogen and oxygen atoms in total. The highest BCUT2D eigenvalue weighted by atomic mass is 16.2. The van der Waals surface area contributed by atoms with Gasteiger partial charge in [-0.25, -0.2) is 4.98 Å². The van der Waals surface area contributed by atoms with Gasteiger partial charge in [0.05, 0.1) is 6.33 Å². The zero-order chi connectivity index (χ0) is 11.7. The van der Waals surface area contributed by atoms with E-state index in [1.807, 2.05) is 6.20 Å². The van der Waals surface area contributed by atoms with Gasteiger partial charge in [-0.1, -0.05) is 0 Å². The van der Waals surface area contributed by atoms with Crippen molar-refractivity contribution >= 4 is 5.91 Å². The minimum absolute atomic E-state index is 0.346. The van der Waals surface area contributed by atoms with E-state index in [9.17, 15) is 4.79 Å². The molecule has 3 heterocycles. The van der Waals surface area contributed by atoms with Crippen LogP contribution in [-0.4, -0.2) is 51.4 Å². The number of nitrogens with zero attached hydrogens (tertiary/aromatic N) is 3. The third kappa shape index (κ3) is 2.20. The second-order valence-corrected chi connectivity index (χ2v) is 4.95. The smallest absolute Gasteiger partial charge is 0.222 e. The van der Waals surface area contributed by atoms with E-state index < -0.39 is 0 Å². The van der Waals surface area contributed by atoms with Gasteiger partial charge in [-0.05, 0) is 12.8 Å². The van der Waals surface area contributed by atoms with Gasteiger partial charge in [-0.3, -0.25) is 9.69 Å². The Morgan fingerprint density at radius 2 is 2.41 bits per heavy atom. The molecule has 5 heteroatoms. The third-order valence-corrected chi connectivity index (χ3v) is 3.75. The highest BCUT2D eigenvalue weighted by Gasteiger charge is 2.32. The quantitative estimate of drug-likeness (QED) is 0.833. The maximum absolute atomic E-state index is 11.7. The van der Waals surface area contributed by atoms with E-state index in [1.165, 1.54) is 0 Å². The minimum atomic E-state index is 0.346. The van der Waals surface area contributed by atoms with Gasteiger partial charge < -0.3 is 9.88 Å². The molecule has 0 saturated carbocycles. The van der Waals surface area contributed by atoms with Crippen LogP contribution < -0.4 is 0 Å². The average molecular weight is 234 g/mol. The first-order chi connectivity index (χ1) is 8.33. The average Bonchev–Trinajstić information content (AvgIpc) is 3.00. The fraction of sp³-hybridized carbons (Fsp3) is 0.667. The Balaban J connectivity index is 1.56. The summed E-state index contributed by atoms with van der Waals surface area (Å²) in [7, 11) is 0. The SMILES string of the molecule is O=C1CCCN1C1CCN(Cc2cnc[nH]2)C1. The summed E-state index contributed by atoms with van der Waals surface area (Å²) in [4.78, 5) is 23.3. The van der Waals surface area contributed by atoms with Crippen LogP contribution in [0.1, 0.15) is 25.0 Å². The maximum atomic E-state index is 11.7. The summed E-state index contributed by atoms with van der Waals surface area (Å²) >= 11 is 0. The molecule has 1 unspecified atom stereocenters. The second-order valence-electron chi connectivity index (χ2n) is 4.95. The summed E-state index contributed by atoms with van der Waals surface area (Å²) in [5, 5.41) is 0. The van der Waals surface area contributed by atoms with Gasteiger partial charge in [0.1, 0.15) is 0 Å². The predicted molar refractivity (Wildman–Crippen MR) is 63.2 cm³/mol. The third-order valence-electron chi connectivity index (χ3n) is 3.75. The molecule has 0 aliphatic carbocycles. The largest absolute Gasteiger partial charge is 0.347 e. The summed E-state index contributed by atoms with van der Waals surface area (Å²) in [6, 6.07) is 0.438. The van der Waals surface area contributed by atoms with Crippen molar-refractivity contribution in [1.29, 1.82) is 0 Å². The predicted octanol–water partition coefficient (Wildman–Crippen LogP) is 0.606. The van der Waals surface area contributed by atoms with Crippen molar-refractivity contribution in [2.45, 2.75) is 31.8 Å². The molecule has 0 radical (unpaired) electrons. The van der Waals surface area contributed by atoms with Crippen LogP contribution in [0.3, 0.4) is 0 Å². The number of nitrogens with one attached hydrogen (secondary N) is 1. The molecule has 1 N–H and O–H groups in total. The number of amides is 1. The Kier molecular flexibility index (Phi) is 2.84. The van der Waals surface area contributed by atoms with Gasteiger partial charge in [-0.15, -0.1) is 0 Å². The highest BCUT2D eigenvalue weighted by Crippen LogP contribution is 2.22. The van der Waals surface area contributed by atoms with Gasteiger partial charge in [0, 0.05) is 50.5 Å². The number of carbonyl (C=O) groups excluding carboxylic acids is 1. The van der Waals surface area contributed by atoms with Crippen LogP contribution in [-0.2, 0) is 11.3 Å². The Labute approximate surface area is 101 Å². The van der Waals surface area contributed by atoms with Gasteiger partial charge >= 0.3 is 0 Å². The van der Waals surface area contributed by atoms with Crippen LogP contribution in [0.2, 0.25) is 0 Å². The van der Waals surface area contributed by atoms with Gasteiger partial charge in [-0.2, -0.15) is 0 Å². The van der Waals surface area contributed by atoms with Crippen LogP contribution >= 0.6 is 0 Å². The first kappa shape index (κ1) is 10.8. The molecule has 1 aromatic heterocycles. The normalized spacial score (nSPS) is 26.0. The number of rotatable bonds is 3. The molecule has 2 aliphatic rings. The molecule has 92 valence electrons. The molecule has 0 spiro atoms. The monoisotopic (exact) mass is 234 g/mol. The Bertz CT molecular complexity index is 389. The molecular formula is C12H18N4O. The lowest BCUT2D eigenvalue weighted by atomic mass is 10.2. The number of hydrogen-bond donors (Lipinski definition) is 1. The standard InChI is InChI=1S/C12H18N4O/c17-12-2-1-4-16(12)11-3-5-15(8-11)7-10-6-13-9-14-10/h6,9,11H,1-5,7-8H2,(H,13,14). The Hall–Kier alpha value is -1.36. The molecule has 0 aromatic carbocycles. The zero-order valence-electron chi connectivity index (χ0n) is 9.93. The summed E-state index contributed by atoms with van der Waals surface area (Å²) in [6.07, 6.45) is 6.48. The van der Waals surface area contributed by atoms with E-state index in [0.29, 0.717) is 11.9 Å². The van der Waals surface area contributed by atoms with Crippen molar-refractivity contribution in [2.24, 2.45) is 0 Å². The van der Waals surface area contributed by atoms with E-state index in [2.05, 4.69) is 19.8 Å². The number of imidazole rings is 1. The maximum Gasteiger partial charge on any atom is 0.222 e. The van der Waals surface area contributed by atoms with Crippen molar-refractivity contribution in [3.63, 3.8) is 0 Å². The lowest BCUT2D eigenvalue weighted by molar-refractivity contribution is -0.129. The Morgan fingerprint density at radius 1 is 1.47 bits per heavy atom. The number of aromatic nitrogens is 2. The van der Waals surface area contributed by atoms with E-state index in [4.69, 9.17) is 0 Å². The van der Waals surface area contributed by atoms with E-state index >= 15 is 0 Å². The number of aromatic amines is 1. The molecule has 1 aromatic rings. The molecule has 1 atom stereocenters. The van der Waals surface area contributed by atoms with E-state index in [-0.39, 0.29) is 0 Å². The fourth-order valence-electron chi connectivity index (χ4n) is 2.88. The second kappa shape index (κ2) is 4.49. The summed E-state index contributed by atoms with van der Waals surface area (Å²) in [6.45, 7) is 3.96. The summed E-state index contributed by atoms with van der Waals surface area (Å²) in [5.41, 5.74) is 1.15. The molecule has 2 aliphatic heterocycles. The van der Waals surface area contributed by atoms with Crippen molar-refractivity contribution in [3.05, 3.63) is 18.2 Å². The van der Waals surface area contributed by atoms with Gasteiger partial charge in [0.2, 0.25) is 5.91 Å². The van der Waals surface area contributed by atoms with Crippen LogP contribution in [0.4, 0.5) is 0 Å². The number of likely N-dealkylation sites (tertiary alicyclic amines) is 2. The van der Waals surface area contributed by atoms with Crippen LogP contribution in [0.25, 0.3) is 0 Å². The van der Waals surface area contributed by atoms with Crippen molar-refractivity contribution in [2.75, 3.05) is 19.6 Å². The van der Waals surface area contributed by atoms with E-state index in [0.717, 1.165) is 51.1 Å². The summed E-state index contributed by atoms with van der Waals surface area (Å²) in [5.74, 6) is 0.346. The fourth-order valence-corrected chi connectivity index (χ4v) is 2.88. The minimum Gasteiger partial charge on any atom is -0.347 e. The molecule has 0 bridgehead atoms. The van der Waals surface area contributed by atoms with Crippen molar-refractivity contribution in [1.82, 2.24) is 19.8 Å². The molecule has 1 amide bonds. The molecule has 3 rings (SSSR count). The topological polar surface area (TPSA) is 52.2 Å². The Morgan fingerprint density at radius 3 is 3.12 bits per heavy atom. The number of hydrogen-bond acceptors (Lipinski definition) is 3. The van der Waals surface area contributed by atoms with Crippen molar-refractivity contribution < 1.29 is 4.79 Å². The van der Waals surface area contributed by atoms with E-state index in [1.54, 1.807) is 6.33 Å². The molecule has 2 fully saturated rings. The molecule has 2 saturated heterocycles. The van der Waals surface area contributed by atoms with Gasteiger partial charge in [0.25, 0.3) is 0 Å². The van der Waals surface area contributed by atoms with Gasteiger partial charge in [0.15, 0.2) is 0 Å². The van der Waals surface area contributed by atoms with Crippen molar-refractivity contribution in [3.8, 4) is 0 Å². The summed E-state index contributed by atoms with van der Waals surface area (Å²) < 4.78 is 0.